The van der Waals surface area contributed by atoms with Gasteiger partial charge in [0, 0.05) is 5.56 Å². The van der Waals surface area contributed by atoms with Crippen molar-refractivity contribution in [3.05, 3.63) is 77.2 Å². The first-order chi connectivity index (χ1) is 18.2. The molecule has 1 aliphatic rings. The van der Waals surface area contributed by atoms with E-state index in [0.717, 1.165) is 42.4 Å². The van der Waals surface area contributed by atoms with E-state index < -0.39 is 5.97 Å². The van der Waals surface area contributed by atoms with Crippen molar-refractivity contribution < 1.29 is 23.8 Å². The number of pyridine rings is 1. The molecule has 0 spiro atoms. The van der Waals surface area contributed by atoms with Gasteiger partial charge in [0.05, 0.1) is 24.9 Å². The van der Waals surface area contributed by atoms with E-state index in [2.05, 4.69) is 31.8 Å². The molecule has 202 valence electrons. The minimum Gasteiger partial charge on any atom is -0.494 e. The van der Waals surface area contributed by atoms with Crippen LogP contribution in [0.15, 0.2) is 54.7 Å². The van der Waals surface area contributed by atoms with E-state index >= 15 is 0 Å². The zero-order valence-electron chi connectivity index (χ0n) is 22.8. The van der Waals surface area contributed by atoms with Crippen molar-refractivity contribution in [1.82, 2.24) is 4.98 Å². The van der Waals surface area contributed by atoms with Crippen molar-refractivity contribution >= 4 is 5.97 Å². The summed E-state index contributed by atoms with van der Waals surface area (Å²) in [5.41, 5.74) is 3.97. The van der Waals surface area contributed by atoms with E-state index in [4.69, 9.17) is 9.47 Å². The molecular weight excluding hydrogens is 481 g/mol. The van der Waals surface area contributed by atoms with Crippen LogP contribution in [0.4, 0.5) is 4.39 Å². The average Bonchev–Trinajstić information content (AvgIpc) is 3.73. The Kier molecular flexibility index (Phi) is 8.70. The van der Waals surface area contributed by atoms with Gasteiger partial charge in [-0.15, -0.1) is 0 Å². The van der Waals surface area contributed by atoms with Gasteiger partial charge in [-0.05, 0) is 84.4 Å². The van der Waals surface area contributed by atoms with Crippen LogP contribution in [0.1, 0.15) is 76.0 Å². The van der Waals surface area contributed by atoms with Crippen molar-refractivity contribution in [2.45, 2.75) is 72.3 Å². The van der Waals surface area contributed by atoms with Crippen molar-refractivity contribution in [3.63, 3.8) is 0 Å². The van der Waals surface area contributed by atoms with Crippen LogP contribution < -0.4 is 9.47 Å². The first-order valence-corrected chi connectivity index (χ1v) is 13.5. The highest BCUT2D eigenvalue weighted by Gasteiger charge is 2.33. The molecule has 6 heteroatoms. The third-order valence-electron chi connectivity index (χ3n) is 7.44. The fourth-order valence-electron chi connectivity index (χ4n) is 4.85. The fraction of sp³-hybridized carbons (Fsp3) is 0.438. The molecule has 1 heterocycles. The van der Waals surface area contributed by atoms with E-state index in [1.54, 1.807) is 18.3 Å². The second-order valence-electron chi connectivity index (χ2n) is 11.0. The zero-order valence-corrected chi connectivity index (χ0v) is 22.8. The summed E-state index contributed by atoms with van der Waals surface area (Å²) < 4.78 is 26.7. The van der Waals surface area contributed by atoms with Crippen LogP contribution in [0.25, 0.3) is 11.3 Å². The molecule has 4 rings (SSSR count). The summed E-state index contributed by atoms with van der Waals surface area (Å²) in [6.07, 6.45) is 5.65. The first-order valence-electron chi connectivity index (χ1n) is 13.5. The fourth-order valence-corrected chi connectivity index (χ4v) is 4.85. The van der Waals surface area contributed by atoms with Crippen LogP contribution >= 0.6 is 0 Å². The lowest BCUT2D eigenvalue weighted by Crippen LogP contribution is -2.15. The van der Waals surface area contributed by atoms with Crippen molar-refractivity contribution in [1.29, 1.82) is 0 Å². The van der Waals surface area contributed by atoms with Crippen molar-refractivity contribution in [3.8, 4) is 22.8 Å². The van der Waals surface area contributed by atoms with Gasteiger partial charge in [-0.1, -0.05) is 51.5 Å². The summed E-state index contributed by atoms with van der Waals surface area (Å²) >= 11 is 0. The highest BCUT2D eigenvalue weighted by molar-refractivity contribution is 5.68. The Morgan fingerprint density at radius 3 is 2.58 bits per heavy atom. The quantitative estimate of drug-likeness (QED) is 0.249. The molecule has 2 aromatic carbocycles. The maximum Gasteiger partial charge on any atom is 0.303 e. The molecule has 1 N–H and O–H groups in total. The summed E-state index contributed by atoms with van der Waals surface area (Å²) in [7, 11) is 0. The predicted molar refractivity (Wildman–Crippen MR) is 147 cm³/mol. The molecule has 0 aliphatic heterocycles. The van der Waals surface area contributed by atoms with Gasteiger partial charge < -0.3 is 14.6 Å². The third-order valence-corrected chi connectivity index (χ3v) is 7.44. The normalized spacial score (nSPS) is 14.2. The van der Waals surface area contributed by atoms with E-state index in [1.165, 1.54) is 6.07 Å². The minimum absolute atomic E-state index is 0.000641. The van der Waals surface area contributed by atoms with Crippen LogP contribution in [0, 0.1) is 17.2 Å². The van der Waals surface area contributed by atoms with Crippen LogP contribution in [0.2, 0.25) is 0 Å². The highest BCUT2D eigenvalue weighted by atomic mass is 19.1. The molecule has 1 saturated carbocycles. The number of carboxylic acids is 1. The average molecular weight is 520 g/mol. The van der Waals surface area contributed by atoms with E-state index in [9.17, 15) is 14.3 Å². The Morgan fingerprint density at radius 2 is 1.89 bits per heavy atom. The van der Waals surface area contributed by atoms with E-state index in [-0.39, 0.29) is 23.6 Å². The Labute approximate surface area is 225 Å². The number of aromatic nitrogens is 1. The number of hydrogen-bond acceptors (Lipinski definition) is 4. The number of halogens is 1. The summed E-state index contributed by atoms with van der Waals surface area (Å²) in [5, 5.41) is 9.37. The number of aliphatic carboxylic acids is 1. The Balaban J connectivity index is 1.59. The molecule has 1 unspecified atom stereocenters. The van der Waals surface area contributed by atoms with Crippen LogP contribution in [0.5, 0.6) is 11.5 Å². The lowest BCUT2D eigenvalue weighted by Gasteiger charge is -2.24. The molecule has 1 atom stereocenters. The molecule has 1 aromatic heterocycles. The van der Waals surface area contributed by atoms with Crippen molar-refractivity contribution in [2.24, 2.45) is 11.3 Å². The van der Waals surface area contributed by atoms with Gasteiger partial charge in [-0.3, -0.25) is 9.78 Å². The number of nitrogens with zero attached hydrogens (tertiary/aromatic N) is 1. The first kappa shape index (κ1) is 27.6. The van der Waals surface area contributed by atoms with Gasteiger partial charge in [0.25, 0.3) is 0 Å². The third kappa shape index (κ3) is 7.12. The lowest BCUT2D eigenvalue weighted by atomic mass is 9.82. The predicted octanol–water partition coefficient (Wildman–Crippen LogP) is 7.81. The second kappa shape index (κ2) is 12.0. The summed E-state index contributed by atoms with van der Waals surface area (Å²) in [6.45, 7) is 9.27. The molecule has 1 aliphatic carbocycles. The summed E-state index contributed by atoms with van der Waals surface area (Å²) in [4.78, 5) is 16.1. The number of carbonyl (C=O) groups is 1. The molecule has 0 saturated heterocycles. The molecular formula is C32H38FNO4. The monoisotopic (exact) mass is 519 g/mol. The summed E-state index contributed by atoms with van der Waals surface area (Å²) in [6, 6.07) is 14.8. The maximum atomic E-state index is 14.9. The minimum atomic E-state index is -0.763. The van der Waals surface area contributed by atoms with Crippen LogP contribution in [-0.2, 0) is 17.8 Å². The molecule has 0 amide bonds. The molecule has 0 bridgehead atoms. The van der Waals surface area contributed by atoms with Crippen molar-refractivity contribution in [2.75, 3.05) is 6.61 Å². The molecule has 5 nitrogen and oxygen atoms in total. The highest BCUT2D eigenvalue weighted by Crippen LogP contribution is 2.44. The number of benzene rings is 2. The number of ether oxygens (including phenoxy) is 2. The number of carboxylic acid groups (broad SMARTS) is 1. The molecule has 1 fully saturated rings. The SMILES string of the molecule is CCOc1ccc(F)c(-c2ncc(OCc3cccc(C(CC(=O)O)C4CC4)c3)cc2CC(C)(C)CC)c1. The second-order valence-corrected chi connectivity index (χ2v) is 11.0. The largest absolute Gasteiger partial charge is 0.494 e. The lowest BCUT2D eigenvalue weighted by molar-refractivity contribution is -0.137. The maximum absolute atomic E-state index is 14.9. The van der Waals surface area contributed by atoms with Crippen LogP contribution in [0.3, 0.4) is 0 Å². The van der Waals surface area contributed by atoms with E-state index in [0.29, 0.717) is 41.9 Å². The van der Waals surface area contributed by atoms with Crippen LogP contribution in [-0.4, -0.2) is 22.7 Å². The van der Waals surface area contributed by atoms with E-state index in [1.807, 2.05) is 31.2 Å². The number of hydrogen-bond donors (Lipinski definition) is 1. The van der Waals surface area contributed by atoms with Gasteiger partial charge in [-0.25, -0.2) is 4.39 Å². The van der Waals surface area contributed by atoms with Gasteiger partial charge in [0.2, 0.25) is 0 Å². The Morgan fingerprint density at radius 1 is 1.11 bits per heavy atom. The zero-order chi connectivity index (χ0) is 27.3. The Bertz CT molecular complexity index is 1270. The van der Waals surface area contributed by atoms with Gasteiger partial charge in [0.1, 0.15) is 23.9 Å². The molecule has 38 heavy (non-hydrogen) atoms. The molecule has 3 aromatic rings. The Hall–Kier alpha value is -3.41. The standard InChI is InChI=1S/C32H38FNO4/c1-5-32(3,4)18-24-15-26(19-34-31(24)28-16-25(37-6-2)12-13-29(28)33)38-20-21-8-7-9-23(14-21)27(17-30(35)36)22-10-11-22/h7-9,12-16,19,22,27H,5-6,10-11,17-18,20H2,1-4H3,(H,35,36). The van der Waals surface area contributed by atoms with Gasteiger partial charge >= 0.3 is 5.97 Å². The number of rotatable bonds is 13. The summed E-state index contributed by atoms with van der Waals surface area (Å²) in [5.74, 6) is 0.614. The van der Waals surface area contributed by atoms with Gasteiger partial charge in [0.15, 0.2) is 0 Å². The van der Waals surface area contributed by atoms with Gasteiger partial charge in [-0.2, -0.15) is 0 Å². The molecule has 0 radical (unpaired) electrons. The topological polar surface area (TPSA) is 68.7 Å². The smallest absolute Gasteiger partial charge is 0.303 e.